The molecule has 1 aromatic heterocycles. The summed E-state index contributed by atoms with van der Waals surface area (Å²) in [6, 6.07) is 16.0. The van der Waals surface area contributed by atoms with E-state index in [2.05, 4.69) is 20.7 Å². The Bertz CT molecular complexity index is 711. The summed E-state index contributed by atoms with van der Waals surface area (Å²) in [6.07, 6.45) is 0. The number of halogens is 1. The number of hydrogen-bond acceptors (Lipinski definition) is 4. The molecule has 0 unspecified atom stereocenters. The Hall–Kier alpha value is -2.76. The summed E-state index contributed by atoms with van der Waals surface area (Å²) < 4.78 is 13.0. The molecule has 1 N–H and O–H groups in total. The Balaban J connectivity index is 1.58. The minimum Gasteiger partial charge on any atom is -0.383 e. The zero-order valence-electron chi connectivity index (χ0n) is 11.3. The van der Waals surface area contributed by atoms with Gasteiger partial charge in [-0.3, -0.25) is 0 Å². The molecule has 3 aromatic rings. The van der Waals surface area contributed by atoms with Crippen molar-refractivity contribution in [1.29, 1.82) is 0 Å². The smallest absolute Gasteiger partial charge is 0.204 e. The summed E-state index contributed by atoms with van der Waals surface area (Å²) in [7, 11) is 0. The van der Waals surface area contributed by atoms with E-state index in [0.717, 1.165) is 11.3 Å². The van der Waals surface area contributed by atoms with Gasteiger partial charge >= 0.3 is 0 Å². The summed E-state index contributed by atoms with van der Waals surface area (Å²) in [5, 5.41) is 15.4. The molecule has 0 atom stereocenters. The standard InChI is InChI=1S/C15H14FN5/c16-13-7-4-8-14(11-13)17-9-10-21-19-15(18-20-21)12-5-2-1-3-6-12/h1-8,11,17H,9-10H2. The third kappa shape index (κ3) is 3.42. The Labute approximate surface area is 121 Å². The molecule has 6 heteroatoms. The molecular weight excluding hydrogens is 269 g/mol. The van der Waals surface area contributed by atoms with Crippen LogP contribution in [0.5, 0.6) is 0 Å². The monoisotopic (exact) mass is 283 g/mol. The van der Waals surface area contributed by atoms with Crippen molar-refractivity contribution >= 4 is 5.69 Å². The fourth-order valence-electron chi connectivity index (χ4n) is 1.94. The molecule has 0 bridgehead atoms. The first-order valence-corrected chi connectivity index (χ1v) is 6.64. The lowest BCUT2D eigenvalue weighted by atomic mass is 10.2. The molecule has 0 spiro atoms. The van der Waals surface area contributed by atoms with E-state index in [-0.39, 0.29) is 5.82 Å². The van der Waals surface area contributed by atoms with E-state index < -0.39 is 0 Å². The fourth-order valence-corrected chi connectivity index (χ4v) is 1.94. The fraction of sp³-hybridized carbons (Fsp3) is 0.133. The number of nitrogens with zero attached hydrogens (tertiary/aromatic N) is 4. The van der Waals surface area contributed by atoms with Gasteiger partial charge in [-0.25, -0.2) is 4.39 Å². The maximum Gasteiger partial charge on any atom is 0.204 e. The predicted octanol–water partition coefficient (Wildman–Crippen LogP) is 2.59. The Morgan fingerprint density at radius 3 is 2.71 bits per heavy atom. The molecular formula is C15H14FN5. The van der Waals surface area contributed by atoms with Crippen molar-refractivity contribution in [3.8, 4) is 11.4 Å². The number of aromatic nitrogens is 4. The largest absolute Gasteiger partial charge is 0.383 e. The SMILES string of the molecule is Fc1cccc(NCCn2nnc(-c3ccccc3)n2)c1. The Kier molecular flexibility index (Phi) is 3.86. The number of tetrazole rings is 1. The maximum atomic E-state index is 13.0. The summed E-state index contributed by atoms with van der Waals surface area (Å²) in [4.78, 5) is 1.52. The molecule has 21 heavy (non-hydrogen) atoms. The van der Waals surface area contributed by atoms with Crippen molar-refractivity contribution in [2.24, 2.45) is 0 Å². The average Bonchev–Trinajstić information content (AvgIpc) is 2.97. The van der Waals surface area contributed by atoms with Gasteiger partial charge in [0.15, 0.2) is 0 Å². The molecule has 0 saturated heterocycles. The van der Waals surface area contributed by atoms with Crippen LogP contribution in [0, 0.1) is 5.82 Å². The van der Waals surface area contributed by atoms with Gasteiger partial charge in [-0.05, 0) is 23.4 Å². The van der Waals surface area contributed by atoms with Gasteiger partial charge in [0.05, 0.1) is 6.54 Å². The zero-order chi connectivity index (χ0) is 14.5. The van der Waals surface area contributed by atoms with Crippen LogP contribution >= 0.6 is 0 Å². The molecule has 3 rings (SSSR count). The van der Waals surface area contributed by atoms with Crippen molar-refractivity contribution < 1.29 is 4.39 Å². The molecule has 0 fully saturated rings. The van der Waals surface area contributed by atoms with Crippen LogP contribution in [0.3, 0.4) is 0 Å². The minimum absolute atomic E-state index is 0.259. The molecule has 1 heterocycles. The summed E-state index contributed by atoms with van der Waals surface area (Å²) in [6.45, 7) is 1.14. The highest BCUT2D eigenvalue weighted by atomic mass is 19.1. The normalized spacial score (nSPS) is 10.5. The van der Waals surface area contributed by atoms with Gasteiger partial charge in [0.1, 0.15) is 5.82 Å². The van der Waals surface area contributed by atoms with E-state index >= 15 is 0 Å². The molecule has 0 aliphatic heterocycles. The van der Waals surface area contributed by atoms with Crippen LogP contribution in [-0.2, 0) is 6.54 Å². The molecule has 0 aliphatic carbocycles. The van der Waals surface area contributed by atoms with E-state index in [1.807, 2.05) is 36.4 Å². The van der Waals surface area contributed by atoms with Crippen molar-refractivity contribution in [3.05, 3.63) is 60.4 Å². The van der Waals surface area contributed by atoms with Crippen LogP contribution in [-0.4, -0.2) is 26.8 Å². The second kappa shape index (κ2) is 6.13. The molecule has 0 saturated carbocycles. The quantitative estimate of drug-likeness (QED) is 0.782. The summed E-state index contributed by atoms with van der Waals surface area (Å²) in [5.41, 5.74) is 1.67. The van der Waals surface area contributed by atoms with Crippen molar-refractivity contribution in [3.63, 3.8) is 0 Å². The second-order valence-electron chi connectivity index (χ2n) is 4.51. The van der Waals surface area contributed by atoms with E-state index in [4.69, 9.17) is 0 Å². The molecule has 0 radical (unpaired) electrons. The summed E-state index contributed by atoms with van der Waals surface area (Å²) >= 11 is 0. The third-order valence-electron chi connectivity index (χ3n) is 2.95. The number of anilines is 1. The van der Waals surface area contributed by atoms with Gasteiger partial charge in [-0.2, -0.15) is 4.80 Å². The number of rotatable bonds is 5. The van der Waals surface area contributed by atoms with E-state index in [1.165, 1.54) is 16.9 Å². The predicted molar refractivity (Wildman–Crippen MR) is 78.1 cm³/mol. The van der Waals surface area contributed by atoms with Crippen LogP contribution in [0.4, 0.5) is 10.1 Å². The van der Waals surface area contributed by atoms with Gasteiger partial charge in [0.2, 0.25) is 5.82 Å². The lowest BCUT2D eigenvalue weighted by molar-refractivity contribution is 0.539. The highest BCUT2D eigenvalue weighted by Crippen LogP contribution is 2.12. The molecule has 0 amide bonds. The van der Waals surface area contributed by atoms with Crippen molar-refractivity contribution in [1.82, 2.24) is 20.2 Å². The van der Waals surface area contributed by atoms with Gasteiger partial charge in [0.25, 0.3) is 0 Å². The van der Waals surface area contributed by atoms with E-state index in [0.29, 0.717) is 18.9 Å². The van der Waals surface area contributed by atoms with Gasteiger partial charge in [0, 0.05) is 17.8 Å². The first-order valence-electron chi connectivity index (χ1n) is 6.64. The lowest BCUT2D eigenvalue weighted by Gasteiger charge is -2.05. The number of benzene rings is 2. The minimum atomic E-state index is -0.259. The number of nitrogens with one attached hydrogen (secondary N) is 1. The van der Waals surface area contributed by atoms with Crippen molar-refractivity contribution in [2.75, 3.05) is 11.9 Å². The van der Waals surface area contributed by atoms with E-state index in [1.54, 1.807) is 6.07 Å². The zero-order valence-corrected chi connectivity index (χ0v) is 11.3. The average molecular weight is 283 g/mol. The maximum absolute atomic E-state index is 13.0. The van der Waals surface area contributed by atoms with Gasteiger partial charge in [-0.1, -0.05) is 36.4 Å². The first kappa shape index (κ1) is 13.2. The topological polar surface area (TPSA) is 55.6 Å². The summed E-state index contributed by atoms with van der Waals surface area (Å²) in [5.74, 6) is 0.339. The van der Waals surface area contributed by atoms with Crippen LogP contribution in [0.2, 0.25) is 0 Å². The van der Waals surface area contributed by atoms with Gasteiger partial charge < -0.3 is 5.32 Å². The van der Waals surface area contributed by atoms with Crippen LogP contribution in [0.1, 0.15) is 0 Å². The van der Waals surface area contributed by atoms with Crippen LogP contribution in [0.25, 0.3) is 11.4 Å². The highest BCUT2D eigenvalue weighted by Gasteiger charge is 2.04. The molecule has 2 aromatic carbocycles. The highest BCUT2D eigenvalue weighted by molar-refractivity contribution is 5.52. The van der Waals surface area contributed by atoms with Crippen LogP contribution < -0.4 is 5.32 Å². The Morgan fingerprint density at radius 1 is 1.05 bits per heavy atom. The molecule has 0 aliphatic rings. The third-order valence-corrected chi connectivity index (χ3v) is 2.95. The first-order chi connectivity index (χ1) is 10.3. The molecule has 106 valence electrons. The van der Waals surface area contributed by atoms with Crippen LogP contribution in [0.15, 0.2) is 54.6 Å². The van der Waals surface area contributed by atoms with Gasteiger partial charge in [-0.15, -0.1) is 10.2 Å². The number of hydrogen-bond donors (Lipinski definition) is 1. The second-order valence-corrected chi connectivity index (χ2v) is 4.51. The Morgan fingerprint density at radius 2 is 1.90 bits per heavy atom. The van der Waals surface area contributed by atoms with E-state index in [9.17, 15) is 4.39 Å². The van der Waals surface area contributed by atoms with Crippen molar-refractivity contribution in [2.45, 2.75) is 6.54 Å². The lowest BCUT2D eigenvalue weighted by Crippen LogP contribution is -2.13. The molecule has 5 nitrogen and oxygen atoms in total.